The average molecular weight is 485 g/mol. The first-order valence-electron chi connectivity index (χ1n) is 10.4. The number of nitrogens with zero attached hydrogens (tertiary/aromatic N) is 1. The Labute approximate surface area is 198 Å². The molecule has 34 heavy (non-hydrogen) atoms. The summed E-state index contributed by atoms with van der Waals surface area (Å²) in [5.74, 6) is -2.07. The predicted molar refractivity (Wildman–Crippen MR) is 126 cm³/mol. The number of carbonyl (C=O) groups excluding carboxylic acids is 2. The van der Waals surface area contributed by atoms with Gasteiger partial charge in [-0.15, -0.1) is 0 Å². The van der Waals surface area contributed by atoms with Crippen molar-refractivity contribution in [1.29, 1.82) is 0 Å². The van der Waals surface area contributed by atoms with Gasteiger partial charge in [-0.05, 0) is 55.3 Å². The number of hydrogen-bond donors (Lipinski definition) is 1. The highest BCUT2D eigenvalue weighted by Gasteiger charge is 2.29. The number of carbonyl (C=O) groups is 2. The summed E-state index contributed by atoms with van der Waals surface area (Å²) in [6.07, 6.45) is -1.30. The fraction of sp³-hybridized carbons (Fsp3) is 0.200. The minimum absolute atomic E-state index is 0.170. The fourth-order valence-electron chi connectivity index (χ4n) is 3.19. The largest absolute Gasteiger partial charge is 0.446 e. The number of nitrogens with one attached hydrogen (secondary N) is 1. The van der Waals surface area contributed by atoms with Crippen molar-refractivity contribution in [3.05, 3.63) is 95.3 Å². The van der Waals surface area contributed by atoms with Crippen molar-refractivity contribution in [3.8, 4) is 0 Å². The molecule has 3 aromatic carbocycles. The molecule has 0 radical (unpaired) electrons. The summed E-state index contributed by atoms with van der Waals surface area (Å²) in [6.45, 7) is 3.09. The Morgan fingerprint density at radius 3 is 2.29 bits per heavy atom. The third-order valence-corrected chi connectivity index (χ3v) is 6.93. The smallest absolute Gasteiger partial charge is 0.322 e. The summed E-state index contributed by atoms with van der Waals surface area (Å²) in [5, 5.41) is 2.79. The number of anilines is 1. The quantitative estimate of drug-likeness (QED) is 0.488. The van der Waals surface area contributed by atoms with E-state index in [1.165, 1.54) is 7.05 Å². The fourth-order valence-corrected chi connectivity index (χ4v) is 4.31. The molecular formula is C25H25FN2O5S. The second kappa shape index (κ2) is 10.6. The Kier molecular flexibility index (Phi) is 7.80. The van der Waals surface area contributed by atoms with Gasteiger partial charge in [0, 0.05) is 18.3 Å². The van der Waals surface area contributed by atoms with Crippen LogP contribution in [0, 0.1) is 19.7 Å². The summed E-state index contributed by atoms with van der Waals surface area (Å²) in [6, 6.07) is 18.3. The number of halogens is 1. The zero-order valence-electron chi connectivity index (χ0n) is 19.0. The molecule has 0 fully saturated rings. The summed E-state index contributed by atoms with van der Waals surface area (Å²) < 4.78 is 44.8. The van der Waals surface area contributed by atoms with E-state index in [0.717, 1.165) is 39.7 Å². The van der Waals surface area contributed by atoms with Gasteiger partial charge in [-0.2, -0.15) is 4.31 Å². The van der Waals surface area contributed by atoms with Crippen molar-refractivity contribution in [2.75, 3.05) is 18.9 Å². The maximum atomic E-state index is 13.1. The molecule has 3 aromatic rings. The van der Waals surface area contributed by atoms with E-state index in [1.54, 1.807) is 36.4 Å². The second-order valence-corrected chi connectivity index (χ2v) is 9.85. The van der Waals surface area contributed by atoms with E-state index in [1.807, 2.05) is 26.0 Å². The standard InChI is InChI=1S/C25H25FN2O5S/c1-17-9-10-18(2)22(15-17)27-25(30)24(19-7-5-4-6-8-19)33-23(29)16-28(3)34(31,32)21-13-11-20(26)12-14-21/h4-15,24H,16H2,1-3H3,(H,27,30). The normalized spacial score (nSPS) is 12.3. The molecule has 0 aliphatic heterocycles. The summed E-state index contributed by atoms with van der Waals surface area (Å²) in [7, 11) is -2.86. The van der Waals surface area contributed by atoms with Crippen molar-refractivity contribution in [2.45, 2.75) is 24.8 Å². The lowest BCUT2D eigenvalue weighted by Gasteiger charge is -2.21. The van der Waals surface area contributed by atoms with Crippen LogP contribution in [0.3, 0.4) is 0 Å². The highest BCUT2D eigenvalue weighted by atomic mass is 32.2. The average Bonchev–Trinajstić information content (AvgIpc) is 2.80. The molecule has 1 N–H and O–H groups in total. The third kappa shape index (κ3) is 6.06. The number of likely N-dealkylation sites (N-methyl/N-ethyl adjacent to an activating group) is 1. The lowest BCUT2D eigenvalue weighted by atomic mass is 10.1. The van der Waals surface area contributed by atoms with Gasteiger partial charge in [0.2, 0.25) is 16.1 Å². The van der Waals surface area contributed by atoms with Crippen LogP contribution < -0.4 is 5.32 Å². The van der Waals surface area contributed by atoms with E-state index >= 15 is 0 Å². The zero-order valence-corrected chi connectivity index (χ0v) is 19.8. The van der Waals surface area contributed by atoms with E-state index in [4.69, 9.17) is 4.74 Å². The lowest BCUT2D eigenvalue weighted by Crippen LogP contribution is -2.35. The molecule has 1 unspecified atom stereocenters. The van der Waals surface area contributed by atoms with Crippen LogP contribution >= 0.6 is 0 Å². The van der Waals surface area contributed by atoms with Crippen LogP contribution in [0.15, 0.2) is 77.7 Å². The first-order chi connectivity index (χ1) is 16.1. The Balaban J connectivity index is 1.78. The number of esters is 1. The minimum Gasteiger partial charge on any atom is -0.446 e. The summed E-state index contributed by atoms with van der Waals surface area (Å²) in [4.78, 5) is 25.6. The van der Waals surface area contributed by atoms with Gasteiger partial charge in [0.15, 0.2) is 0 Å². The van der Waals surface area contributed by atoms with Gasteiger partial charge < -0.3 is 10.1 Å². The molecule has 0 aliphatic carbocycles. The molecule has 0 saturated carbocycles. The number of sulfonamides is 1. The number of hydrogen-bond acceptors (Lipinski definition) is 5. The van der Waals surface area contributed by atoms with Gasteiger partial charge in [-0.3, -0.25) is 9.59 Å². The van der Waals surface area contributed by atoms with Crippen molar-refractivity contribution in [1.82, 2.24) is 4.31 Å². The van der Waals surface area contributed by atoms with Crippen LogP contribution in [0.2, 0.25) is 0 Å². The second-order valence-electron chi connectivity index (χ2n) is 7.80. The minimum atomic E-state index is -4.07. The van der Waals surface area contributed by atoms with Crippen molar-refractivity contribution < 1.29 is 27.1 Å². The van der Waals surface area contributed by atoms with Gasteiger partial charge in [0.05, 0.1) is 4.90 Å². The molecule has 0 aromatic heterocycles. The van der Waals surface area contributed by atoms with E-state index in [9.17, 15) is 22.4 Å². The van der Waals surface area contributed by atoms with E-state index in [0.29, 0.717) is 11.3 Å². The monoisotopic (exact) mass is 484 g/mol. The molecule has 0 spiro atoms. The number of aryl methyl sites for hydroxylation is 2. The molecule has 9 heteroatoms. The summed E-state index contributed by atoms with van der Waals surface area (Å²) in [5.41, 5.74) is 2.80. The van der Waals surface area contributed by atoms with Crippen molar-refractivity contribution in [3.63, 3.8) is 0 Å². The van der Waals surface area contributed by atoms with Crippen LogP contribution in [0.4, 0.5) is 10.1 Å². The molecule has 0 bridgehead atoms. The molecule has 178 valence electrons. The molecule has 0 saturated heterocycles. The van der Waals surface area contributed by atoms with Crippen LogP contribution in [0.1, 0.15) is 22.8 Å². The molecular weight excluding hydrogens is 459 g/mol. The van der Waals surface area contributed by atoms with Gasteiger partial charge in [0.25, 0.3) is 5.91 Å². The van der Waals surface area contributed by atoms with Gasteiger partial charge in [0.1, 0.15) is 12.4 Å². The molecule has 1 amide bonds. The SMILES string of the molecule is Cc1ccc(C)c(NC(=O)C(OC(=O)CN(C)S(=O)(=O)c2ccc(F)cc2)c2ccccc2)c1. The Hall–Kier alpha value is -3.56. The number of amides is 1. The molecule has 3 rings (SSSR count). The van der Waals surface area contributed by atoms with Crippen LogP contribution in [0.5, 0.6) is 0 Å². The molecule has 1 atom stereocenters. The maximum Gasteiger partial charge on any atom is 0.322 e. The summed E-state index contributed by atoms with van der Waals surface area (Å²) >= 11 is 0. The van der Waals surface area contributed by atoms with Crippen LogP contribution in [-0.4, -0.2) is 38.2 Å². The van der Waals surface area contributed by atoms with Gasteiger partial charge >= 0.3 is 5.97 Å². The number of rotatable bonds is 8. The van der Waals surface area contributed by atoms with Crippen LogP contribution in [-0.2, 0) is 24.3 Å². The molecule has 0 heterocycles. The molecule has 7 nitrogen and oxygen atoms in total. The number of benzene rings is 3. The topological polar surface area (TPSA) is 92.8 Å². The van der Waals surface area contributed by atoms with Gasteiger partial charge in [-0.1, -0.05) is 42.5 Å². The maximum absolute atomic E-state index is 13.1. The third-order valence-electron chi connectivity index (χ3n) is 5.11. The Morgan fingerprint density at radius 1 is 1.00 bits per heavy atom. The van der Waals surface area contributed by atoms with Crippen molar-refractivity contribution in [2.24, 2.45) is 0 Å². The van der Waals surface area contributed by atoms with E-state index in [2.05, 4.69) is 5.32 Å². The molecule has 0 aliphatic rings. The van der Waals surface area contributed by atoms with E-state index < -0.39 is 40.4 Å². The van der Waals surface area contributed by atoms with Crippen molar-refractivity contribution >= 4 is 27.6 Å². The first-order valence-corrected chi connectivity index (χ1v) is 11.9. The highest BCUT2D eigenvalue weighted by molar-refractivity contribution is 7.89. The first kappa shape index (κ1) is 25.1. The Morgan fingerprint density at radius 2 is 1.65 bits per heavy atom. The highest BCUT2D eigenvalue weighted by Crippen LogP contribution is 2.23. The Bertz CT molecular complexity index is 1280. The van der Waals surface area contributed by atoms with Gasteiger partial charge in [-0.25, -0.2) is 12.8 Å². The van der Waals surface area contributed by atoms with Crippen LogP contribution in [0.25, 0.3) is 0 Å². The van der Waals surface area contributed by atoms with E-state index in [-0.39, 0.29) is 4.90 Å². The lowest BCUT2D eigenvalue weighted by molar-refractivity contribution is -0.154. The zero-order chi connectivity index (χ0) is 24.9. The number of ether oxygens (including phenoxy) is 1. The predicted octanol–water partition coefficient (Wildman–Crippen LogP) is 3.99.